The minimum absolute atomic E-state index is 0.756. The molecule has 0 atom stereocenters. The zero-order chi connectivity index (χ0) is 10.5. The maximum Gasteiger partial charge on any atom is 0.480 e. The molecule has 0 aromatic heterocycles. The van der Waals surface area contributed by atoms with E-state index in [1.165, 1.54) is 38.5 Å². The third-order valence-electron chi connectivity index (χ3n) is 3.13. The highest BCUT2D eigenvalue weighted by Gasteiger charge is 2.21. The topological polar surface area (TPSA) is 18.5 Å². The molecule has 0 bridgehead atoms. The van der Waals surface area contributed by atoms with E-state index < -0.39 is 8.90 Å². The van der Waals surface area contributed by atoms with E-state index >= 15 is 0 Å². The summed E-state index contributed by atoms with van der Waals surface area (Å²) < 4.78 is 11.0. The average Bonchev–Trinajstić information content (AvgIpc) is 2.91. The summed E-state index contributed by atoms with van der Waals surface area (Å²) in [5.41, 5.74) is 2.27. The van der Waals surface area contributed by atoms with E-state index in [-0.39, 0.29) is 0 Å². The Balaban J connectivity index is 1.74. The smallest absolute Gasteiger partial charge is 0.480 e. The van der Waals surface area contributed by atoms with E-state index in [1.807, 2.05) is 6.26 Å². The molecule has 15 heavy (non-hydrogen) atoms. The van der Waals surface area contributed by atoms with Crippen molar-refractivity contribution in [3.05, 3.63) is 12.3 Å². The van der Waals surface area contributed by atoms with Crippen molar-refractivity contribution < 1.29 is 8.85 Å². The van der Waals surface area contributed by atoms with Crippen LogP contribution in [0.25, 0.3) is 0 Å². The van der Waals surface area contributed by atoms with Gasteiger partial charge in [-0.2, -0.15) is 0 Å². The molecule has 2 aliphatic carbocycles. The molecule has 0 spiro atoms. The van der Waals surface area contributed by atoms with Crippen LogP contribution in [0.15, 0.2) is 12.3 Å². The zero-order valence-electron chi connectivity index (χ0n) is 9.45. The van der Waals surface area contributed by atoms with Gasteiger partial charge in [0.25, 0.3) is 0 Å². The van der Waals surface area contributed by atoms with Gasteiger partial charge in [-0.05, 0) is 49.3 Å². The highest BCUT2D eigenvalue weighted by Crippen LogP contribution is 2.26. The zero-order valence-corrected chi connectivity index (χ0v) is 10.4. The first-order chi connectivity index (χ1) is 7.38. The molecule has 0 heterocycles. The molecule has 0 aromatic rings. The molecule has 0 N–H and O–H groups in total. The molecule has 84 valence electrons. The first-order valence-electron chi connectivity index (χ1n) is 5.97. The molecule has 2 saturated carbocycles. The van der Waals surface area contributed by atoms with Crippen LogP contribution in [0.1, 0.15) is 38.5 Å². The maximum absolute atomic E-state index is 5.65. The fourth-order valence-corrected chi connectivity index (χ4v) is 3.22. The molecule has 0 unspecified atom stereocenters. The molecule has 0 radical (unpaired) electrons. The van der Waals surface area contributed by atoms with Gasteiger partial charge < -0.3 is 8.85 Å². The Hall–Kier alpha value is -0.573. The van der Waals surface area contributed by atoms with Gasteiger partial charge in [0.1, 0.15) is 0 Å². The number of hydrogen-bond donors (Lipinski definition) is 0. The van der Waals surface area contributed by atoms with Crippen LogP contribution in [0.4, 0.5) is 0 Å². The third kappa shape index (κ3) is 3.82. The molecule has 0 saturated heterocycles. The molecular formula is C12H20O2Si. The summed E-state index contributed by atoms with van der Waals surface area (Å²) in [5, 5.41) is 0. The lowest BCUT2D eigenvalue weighted by Gasteiger charge is -2.04. The van der Waals surface area contributed by atoms with Crippen molar-refractivity contribution in [2.75, 3.05) is 7.11 Å². The standard InChI is InChI=1S/C12H20O2Si/c1-13-15(10-12-6-7-12)14-9-8-11-4-2-3-5-11/h8-12H,2-7H2,1H3. The highest BCUT2D eigenvalue weighted by atomic mass is 28.3. The van der Waals surface area contributed by atoms with Crippen LogP contribution < -0.4 is 0 Å². The van der Waals surface area contributed by atoms with Crippen molar-refractivity contribution in [1.82, 2.24) is 0 Å². The van der Waals surface area contributed by atoms with E-state index in [0.29, 0.717) is 0 Å². The van der Waals surface area contributed by atoms with Gasteiger partial charge in [-0.15, -0.1) is 0 Å². The summed E-state index contributed by atoms with van der Waals surface area (Å²) in [6.45, 7) is 0. The van der Waals surface area contributed by atoms with Crippen LogP contribution in [0, 0.1) is 11.8 Å². The van der Waals surface area contributed by atoms with E-state index in [1.54, 1.807) is 7.11 Å². The van der Waals surface area contributed by atoms with Crippen LogP contribution in [0.2, 0.25) is 0 Å². The normalized spacial score (nSPS) is 23.7. The molecule has 2 aliphatic rings. The minimum atomic E-state index is -1.12. The SMILES string of the molecule is CO[Si](=CC1CC1)OC=CC1CCCC1. The lowest BCUT2D eigenvalue weighted by Crippen LogP contribution is -2.12. The third-order valence-corrected chi connectivity index (χ3v) is 4.64. The predicted molar refractivity (Wildman–Crippen MR) is 63.7 cm³/mol. The van der Waals surface area contributed by atoms with Gasteiger partial charge in [0.05, 0.1) is 13.4 Å². The van der Waals surface area contributed by atoms with Crippen LogP contribution in [-0.2, 0) is 8.85 Å². The molecule has 0 amide bonds. The van der Waals surface area contributed by atoms with Gasteiger partial charge in [-0.1, -0.05) is 12.8 Å². The first kappa shape index (κ1) is 10.9. The quantitative estimate of drug-likeness (QED) is 0.528. The summed E-state index contributed by atoms with van der Waals surface area (Å²) in [6.07, 6.45) is 12.2. The van der Waals surface area contributed by atoms with Crippen molar-refractivity contribution in [3.63, 3.8) is 0 Å². The Morgan fingerprint density at radius 2 is 1.80 bits per heavy atom. The van der Waals surface area contributed by atoms with E-state index in [2.05, 4.69) is 11.7 Å². The lowest BCUT2D eigenvalue weighted by molar-refractivity contribution is 0.329. The Bertz CT molecular complexity index is 250. The number of allylic oxidation sites excluding steroid dienone is 1. The number of rotatable bonds is 5. The predicted octanol–water partition coefficient (Wildman–Crippen LogP) is 2.64. The van der Waals surface area contributed by atoms with Crippen LogP contribution in [0.3, 0.4) is 0 Å². The van der Waals surface area contributed by atoms with Gasteiger partial charge in [0.2, 0.25) is 0 Å². The van der Waals surface area contributed by atoms with E-state index in [4.69, 9.17) is 8.85 Å². The summed E-state index contributed by atoms with van der Waals surface area (Å²) in [7, 11) is 0.623. The fourth-order valence-electron chi connectivity index (χ4n) is 1.98. The fraction of sp³-hybridized carbons (Fsp3) is 0.750. The van der Waals surface area contributed by atoms with E-state index in [0.717, 1.165) is 11.8 Å². The van der Waals surface area contributed by atoms with Crippen molar-refractivity contribution in [2.45, 2.75) is 38.5 Å². The largest absolute Gasteiger partial charge is 0.526 e. The second-order valence-corrected chi connectivity index (χ2v) is 6.13. The van der Waals surface area contributed by atoms with E-state index in [9.17, 15) is 0 Å². The summed E-state index contributed by atoms with van der Waals surface area (Å²) in [6, 6.07) is 0. The molecule has 2 nitrogen and oxygen atoms in total. The molecule has 3 heteroatoms. The average molecular weight is 224 g/mol. The highest BCUT2D eigenvalue weighted by molar-refractivity contribution is 6.54. The first-order valence-corrected chi connectivity index (χ1v) is 7.37. The van der Waals surface area contributed by atoms with Crippen LogP contribution >= 0.6 is 0 Å². The Morgan fingerprint density at radius 3 is 2.40 bits per heavy atom. The van der Waals surface area contributed by atoms with Crippen molar-refractivity contribution >= 4 is 14.6 Å². The molecule has 0 aromatic carbocycles. The van der Waals surface area contributed by atoms with Gasteiger partial charge in [0.15, 0.2) is 0 Å². The monoisotopic (exact) mass is 224 g/mol. The summed E-state index contributed by atoms with van der Waals surface area (Å²) in [4.78, 5) is 0. The second kappa shape index (κ2) is 5.49. The van der Waals surface area contributed by atoms with Crippen molar-refractivity contribution in [3.8, 4) is 0 Å². The van der Waals surface area contributed by atoms with Gasteiger partial charge in [0, 0.05) is 0 Å². The molecule has 0 aliphatic heterocycles. The Kier molecular flexibility index (Phi) is 4.00. The van der Waals surface area contributed by atoms with Crippen molar-refractivity contribution in [1.29, 1.82) is 0 Å². The van der Waals surface area contributed by atoms with Crippen LogP contribution in [0.5, 0.6) is 0 Å². The lowest BCUT2D eigenvalue weighted by atomic mass is 10.1. The van der Waals surface area contributed by atoms with Crippen LogP contribution in [-0.4, -0.2) is 21.7 Å². The van der Waals surface area contributed by atoms with Gasteiger partial charge in [-0.25, -0.2) is 0 Å². The van der Waals surface area contributed by atoms with Gasteiger partial charge in [-0.3, -0.25) is 0 Å². The minimum Gasteiger partial charge on any atom is -0.526 e. The van der Waals surface area contributed by atoms with Gasteiger partial charge >= 0.3 is 8.90 Å². The number of hydrogen-bond acceptors (Lipinski definition) is 2. The summed E-state index contributed by atoms with van der Waals surface area (Å²) >= 11 is 0. The Labute approximate surface area is 93.7 Å². The maximum atomic E-state index is 5.65. The molecule has 2 fully saturated rings. The Morgan fingerprint density at radius 1 is 1.07 bits per heavy atom. The molecule has 2 rings (SSSR count). The molecular weight excluding hydrogens is 204 g/mol. The summed E-state index contributed by atoms with van der Waals surface area (Å²) in [5.74, 6) is 1.53. The van der Waals surface area contributed by atoms with Crippen molar-refractivity contribution in [2.24, 2.45) is 11.8 Å². The second-order valence-electron chi connectivity index (χ2n) is 4.52.